The Morgan fingerprint density at radius 1 is 1.33 bits per heavy atom. The Kier molecular flexibility index (Phi) is 8.30. The summed E-state index contributed by atoms with van der Waals surface area (Å²) in [4.78, 5) is 14.6. The number of carbonyl (C=O) groups is 1. The summed E-state index contributed by atoms with van der Waals surface area (Å²) in [6, 6.07) is 5.39. The minimum Gasteiger partial charge on any atom is -0.350 e. The van der Waals surface area contributed by atoms with Crippen LogP contribution in [-0.4, -0.2) is 36.5 Å². The summed E-state index contributed by atoms with van der Waals surface area (Å²) in [7, 11) is 0. The van der Waals surface area contributed by atoms with E-state index in [4.69, 9.17) is 11.6 Å². The average Bonchev–Trinajstić information content (AvgIpc) is 2.42. The number of rotatable bonds is 8. The summed E-state index contributed by atoms with van der Waals surface area (Å²) in [5.74, 6) is -0.0754. The van der Waals surface area contributed by atoms with E-state index in [0.29, 0.717) is 10.6 Å². The lowest BCUT2D eigenvalue weighted by Crippen LogP contribution is -2.33. The average molecular weight is 376 g/mol. The molecular weight excluding hydrogens is 352 g/mol. The van der Waals surface area contributed by atoms with Gasteiger partial charge >= 0.3 is 0 Å². The Morgan fingerprint density at radius 3 is 2.57 bits per heavy atom. The van der Waals surface area contributed by atoms with Crippen molar-refractivity contribution in [3.8, 4) is 0 Å². The summed E-state index contributed by atoms with van der Waals surface area (Å²) >= 11 is 9.32. The first-order chi connectivity index (χ1) is 9.96. The van der Waals surface area contributed by atoms with Crippen LogP contribution >= 0.6 is 27.5 Å². The summed E-state index contributed by atoms with van der Waals surface area (Å²) in [6.45, 7) is 9.62. The number of amides is 1. The predicted molar refractivity (Wildman–Crippen MR) is 93.1 cm³/mol. The summed E-state index contributed by atoms with van der Waals surface area (Å²) < 4.78 is 0.814. The fraction of sp³-hybridized carbons (Fsp3) is 0.562. The number of carbonyl (C=O) groups excluding carboxylic acids is 1. The molecule has 0 bridgehead atoms. The van der Waals surface area contributed by atoms with Crippen LogP contribution in [0.1, 0.15) is 44.0 Å². The van der Waals surface area contributed by atoms with Gasteiger partial charge in [-0.2, -0.15) is 0 Å². The van der Waals surface area contributed by atoms with E-state index in [1.807, 2.05) is 6.92 Å². The molecule has 1 N–H and O–H groups in total. The Bertz CT molecular complexity index is 443. The molecule has 0 fully saturated rings. The third-order valence-corrected chi connectivity index (χ3v) is 4.18. The molecule has 5 heteroatoms. The van der Waals surface area contributed by atoms with E-state index in [2.05, 4.69) is 40.0 Å². The van der Waals surface area contributed by atoms with Gasteiger partial charge in [0.2, 0.25) is 0 Å². The Labute approximate surface area is 141 Å². The Hall–Kier alpha value is -0.580. The van der Waals surface area contributed by atoms with Gasteiger partial charge in [0.25, 0.3) is 5.91 Å². The minimum absolute atomic E-state index is 0.0754. The maximum Gasteiger partial charge on any atom is 0.251 e. The molecule has 0 saturated heterocycles. The van der Waals surface area contributed by atoms with E-state index in [-0.39, 0.29) is 11.9 Å². The highest BCUT2D eigenvalue weighted by Crippen LogP contribution is 2.19. The second-order valence-electron chi connectivity index (χ2n) is 5.20. The van der Waals surface area contributed by atoms with Crippen LogP contribution < -0.4 is 5.32 Å². The van der Waals surface area contributed by atoms with Crippen LogP contribution in [0.15, 0.2) is 22.7 Å². The van der Waals surface area contributed by atoms with E-state index < -0.39 is 0 Å². The maximum absolute atomic E-state index is 12.2. The first-order valence-electron chi connectivity index (χ1n) is 7.45. The second kappa shape index (κ2) is 9.44. The highest BCUT2D eigenvalue weighted by atomic mass is 79.9. The summed E-state index contributed by atoms with van der Waals surface area (Å²) in [5, 5.41) is 3.58. The van der Waals surface area contributed by atoms with Crippen molar-refractivity contribution >= 4 is 33.4 Å². The van der Waals surface area contributed by atoms with Crippen LogP contribution in [0.4, 0.5) is 0 Å². The topological polar surface area (TPSA) is 32.3 Å². The van der Waals surface area contributed by atoms with Gasteiger partial charge in [-0.3, -0.25) is 4.79 Å². The molecule has 0 aliphatic rings. The molecule has 0 heterocycles. The van der Waals surface area contributed by atoms with E-state index in [1.54, 1.807) is 18.2 Å². The highest BCUT2D eigenvalue weighted by Gasteiger charge is 2.11. The first-order valence-corrected chi connectivity index (χ1v) is 8.62. The monoisotopic (exact) mass is 374 g/mol. The van der Waals surface area contributed by atoms with Crippen molar-refractivity contribution in [2.45, 2.75) is 39.7 Å². The number of halogens is 2. The summed E-state index contributed by atoms with van der Waals surface area (Å²) in [6.07, 6.45) is 2.06. The lowest BCUT2D eigenvalue weighted by atomic mass is 10.1. The molecule has 0 aromatic heterocycles. The van der Waals surface area contributed by atoms with Crippen molar-refractivity contribution in [2.24, 2.45) is 0 Å². The molecule has 0 saturated carbocycles. The SMILES string of the molecule is CCN(CC)CCCC(C)NC(=O)c1cc(Cl)cc(Br)c1. The van der Waals surface area contributed by atoms with Crippen LogP contribution in [0.3, 0.4) is 0 Å². The van der Waals surface area contributed by atoms with Crippen molar-refractivity contribution in [3.63, 3.8) is 0 Å². The van der Waals surface area contributed by atoms with Gasteiger partial charge in [-0.05, 0) is 57.6 Å². The fourth-order valence-corrected chi connectivity index (χ4v) is 3.09. The van der Waals surface area contributed by atoms with Gasteiger partial charge in [0, 0.05) is 21.1 Å². The van der Waals surface area contributed by atoms with Crippen molar-refractivity contribution in [3.05, 3.63) is 33.3 Å². The second-order valence-corrected chi connectivity index (χ2v) is 6.55. The molecule has 1 amide bonds. The summed E-state index contributed by atoms with van der Waals surface area (Å²) in [5.41, 5.74) is 0.588. The normalized spacial score (nSPS) is 12.5. The van der Waals surface area contributed by atoms with Gasteiger partial charge in [0.15, 0.2) is 0 Å². The van der Waals surface area contributed by atoms with Crippen molar-refractivity contribution in [2.75, 3.05) is 19.6 Å². The predicted octanol–water partition coefficient (Wildman–Crippen LogP) is 4.34. The Balaban J connectivity index is 2.43. The van der Waals surface area contributed by atoms with Gasteiger partial charge in [0.05, 0.1) is 0 Å². The molecule has 0 radical (unpaired) electrons. The number of benzene rings is 1. The van der Waals surface area contributed by atoms with Gasteiger partial charge in [-0.1, -0.05) is 41.4 Å². The number of hydrogen-bond acceptors (Lipinski definition) is 2. The van der Waals surface area contributed by atoms with Gasteiger partial charge in [0.1, 0.15) is 0 Å². The maximum atomic E-state index is 12.2. The number of hydrogen-bond donors (Lipinski definition) is 1. The van der Waals surface area contributed by atoms with Crippen LogP contribution in [0.2, 0.25) is 5.02 Å². The third kappa shape index (κ3) is 6.81. The molecular formula is C16H24BrClN2O. The van der Waals surface area contributed by atoms with E-state index in [0.717, 1.165) is 36.9 Å². The molecule has 1 unspecified atom stereocenters. The number of nitrogens with zero attached hydrogens (tertiary/aromatic N) is 1. The third-order valence-electron chi connectivity index (χ3n) is 3.51. The largest absolute Gasteiger partial charge is 0.350 e. The van der Waals surface area contributed by atoms with E-state index in [1.165, 1.54) is 0 Å². The molecule has 21 heavy (non-hydrogen) atoms. The number of nitrogens with one attached hydrogen (secondary N) is 1. The van der Waals surface area contributed by atoms with Gasteiger partial charge < -0.3 is 10.2 Å². The van der Waals surface area contributed by atoms with Gasteiger partial charge in [-0.15, -0.1) is 0 Å². The van der Waals surface area contributed by atoms with E-state index in [9.17, 15) is 4.79 Å². The molecule has 3 nitrogen and oxygen atoms in total. The lowest BCUT2D eigenvalue weighted by molar-refractivity contribution is 0.0937. The Morgan fingerprint density at radius 2 is 2.00 bits per heavy atom. The zero-order valence-electron chi connectivity index (χ0n) is 13.0. The lowest BCUT2D eigenvalue weighted by Gasteiger charge is -2.19. The smallest absolute Gasteiger partial charge is 0.251 e. The molecule has 1 rings (SSSR count). The molecule has 118 valence electrons. The zero-order valence-corrected chi connectivity index (χ0v) is 15.3. The van der Waals surface area contributed by atoms with Crippen molar-refractivity contribution in [1.82, 2.24) is 10.2 Å². The first kappa shape index (κ1) is 18.5. The molecule has 0 aliphatic heterocycles. The quantitative estimate of drug-likeness (QED) is 0.733. The zero-order chi connectivity index (χ0) is 15.8. The molecule has 1 aromatic rings. The van der Waals surface area contributed by atoms with Crippen molar-refractivity contribution in [1.29, 1.82) is 0 Å². The standard InChI is InChI=1S/C16H24BrClN2O/c1-4-20(5-2)8-6-7-12(3)19-16(21)13-9-14(17)11-15(18)10-13/h9-12H,4-8H2,1-3H3,(H,19,21). The molecule has 1 aromatic carbocycles. The van der Waals surface area contributed by atoms with Crippen LogP contribution in [-0.2, 0) is 0 Å². The van der Waals surface area contributed by atoms with Crippen LogP contribution in [0.5, 0.6) is 0 Å². The molecule has 0 aliphatic carbocycles. The molecule has 1 atom stereocenters. The molecule has 0 spiro atoms. The van der Waals surface area contributed by atoms with Crippen molar-refractivity contribution < 1.29 is 4.79 Å². The fourth-order valence-electron chi connectivity index (χ4n) is 2.23. The van der Waals surface area contributed by atoms with Crippen LogP contribution in [0, 0.1) is 0 Å². The minimum atomic E-state index is -0.0754. The van der Waals surface area contributed by atoms with E-state index >= 15 is 0 Å². The van der Waals surface area contributed by atoms with Gasteiger partial charge in [-0.25, -0.2) is 0 Å². The highest BCUT2D eigenvalue weighted by molar-refractivity contribution is 9.10. The van der Waals surface area contributed by atoms with Crippen LogP contribution in [0.25, 0.3) is 0 Å².